The number of hydrogen-bond acceptors (Lipinski definition) is 9. The molecule has 1 aliphatic heterocycles. The third-order valence-corrected chi connectivity index (χ3v) is 5.81. The number of rotatable bonds is 7. The van der Waals surface area contributed by atoms with Crippen LogP contribution in [-0.2, 0) is 30.4 Å². The smallest absolute Gasteiger partial charge is 0.410 e. The van der Waals surface area contributed by atoms with E-state index in [1.807, 2.05) is 6.07 Å². The van der Waals surface area contributed by atoms with E-state index < -0.39 is 42.1 Å². The number of para-hydroxylation sites is 1. The molecule has 0 aromatic heterocycles. The molecule has 0 unspecified atom stereocenters. The molecule has 0 bridgehead atoms. The first-order valence-electron chi connectivity index (χ1n) is 12.1. The molecule has 0 spiro atoms. The summed E-state index contributed by atoms with van der Waals surface area (Å²) in [6.45, 7) is 0.959. The summed E-state index contributed by atoms with van der Waals surface area (Å²) in [6.07, 6.45) is -1.91. The Kier molecular flexibility index (Phi) is 8.67. The van der Waals surface area contributed by atoms with Crippen LogP contribution in [0.25, 0.3) is 0 Å². The molecular weight excluding hydrogens is 506 g/mol. The van der Waals surface area contributed by atoms with Crippen molar-refractivity contribution in [3.63, 3.8) is 0 Å². The highest BCUT2D eigenvalue weighted by atomic mass is 16.6. The van der Waals surface area contributed by atoms with Gasteiger partial charge in [0.1, 0.15) is 30.1 Å². The SMILES string of the molecule is CC(=O)Oc1ccccc1C(=O)O[C@@H]1C[C@@H](C(=O)OC(=O)c2ccccc2)N(C(=O)OCc2ccccc2)C1. The van der Waals surface area contributed by atoms with Gasteiger partial charge in [0.2, 0.25) is 0 Å². The van der Waals surface area contributed by atoms with Crippen LogP contribution in [-0.4, -0.2) is 53.6 Å². The monoisotopic (exact) mass is 531 g/mol. The number of carbonyl (C=O) groups is 5. The zero-order chi connectivity index (χ0) is 27.8. The zero-order valence-electron chi connectivity index (χ0n) is 21.0. The van der Waals surface area contributed by atoms with Gasteiger partial charge in [0.05, 0.1) is 12.1 Å². The van der Waals surface area contributed by atoms with Gasteiger partial charge >= 0.3 is 30.0 Å². The molecule has 10 heteroatoms. The van der Waals surface area contributed by atoms with Crippen molar-refractivity contribution >= 4 is 30.0 Å². The van der Waals surface area contributed by atoms with Crippen molar-refractivity contribution in [1.82, 2.24) is 4.90 Å². The molecule has 1 amide bonds. The molecule has 0 N–H and O–H groups in total. The van der Waals surface area contributed by atoms with Crippen LogP contribution in [0.15, 0.2) is 84.9 Å². The van der Waals surface area contributed by atoms with E-state index in [0.717, 1.165) is 10.5 Å². The van der Waals surface area contributed by atoms with Crippen molar-refractivity contribution in [1.29, 1.82) is 0 Å². The van der Waals surface area contributed by atoms with Gasteiger partial charge in [0.15, 0.2) is 0 Å². The number of nitrogens with zero attached hydrogens (tertiary/aromatic N) is 1. The van der Waals surface area contributed by atoms with E-state index in [2.05, 4.69) is 0 Å². The fourth-order valence-corrected chi connectivity index (χ4v) is 4.00. The van der Waals surface area contributed by atoms with Gasteiger partial charge in [0.25, 0.3) is 0 Å². The first-order chi connectivity index (χ1) is 18.8. The molecule has 4 rings (SSSR count). The number of hydrogen-bond donors (Lipinski definition) is 0. The van der Waals surface area contributed by atoms with Crippen LogP contribution in [0.3, 0.4) is 0 Å². The largest absolute Gasteiger partial charge is 0.457 e. The molecule has 1 saturated heterocycles. The van der Waals surface area contributed by atoms with E-state index >= 15 is 0 Å². The van der Waals surface area contributed by atoms with Crippen molar-refractivity contribution in [2.75, 3.05) is 6.54 Å². The molecule has 2 atom stereocenters. The molecule has 3 aromatic rings. The molecule has 10 nitrogen and oxygen atoms in total. The lowest BCUT2D eigenvalue weighted by atomic mass is 10.2. The van der Waals surface area contributed by atoms with E-state index in [1.54, 1.807) is 54.6 Å². The lowest BCUT2D eigenvalue weighted by molar-refractivity contribution is -0.142. The second-order valence-corrected chi connectivity index (χ2v) is 8.64. The average Bonchev–Trinajstić information content (AvgIpc) is 3.36. The second-order valence-electron chi connectivity index (χ2n) is 8.64. The summed E-state index contributed by atoms with van der Waals surface area (Å²) >= 11 is 0. The van der Waals surface area contributed by atoms with Gasteiger partial charge in [-0.25, -0.2) is 19.2 Å². The third kappa shape index (κ3) is 7.07. The Labute approximate surface area is 224 Å². The van der Waals surface area contributed by atoms with Gasteiger partial charge in [-0.15, -0.1) is 0 Å². The Bertz CT molecular complexity index is 1360. The van der Waals surface area contributed by atoms with Crippen LogP contribution in [0.2, 0.25) is 0 Å². The van der Waals surface area contributed by atoms with Crippen LogP contribution in [0.1, 0.15) is 39.6 Å². The molecule has 1 fully saturated rings. The van der Waals surface area contributed by atoms with E-state index in [-0.39, 0.29) is 36.4 Å². The predicted octanol–water partition coefficient (Wildman–Crippen LogP) is 3.93. The summed E-state index contributed by atoms with van der Waals surface area (Å²) in [4.78, 5) is 63.8. The molecule has 0 saturated carbocycles. The topological polar surface area (TPSA) is 126 Å². The van der Waals surface area contributed by atoms with Gasteiger partial charge < -0.3 is 18.9 Å². The molecule has 39 heavy (non-hydrogen) atoms. The van der Waals surface area contributed by atoms with Crippen LogP contribution in [0.4, 0.5) is 4.79 Å². The summed E-state index contributed by atoms with van der Waals surface area (Å²) < 4.78 is 21.1. The number of ether oxygens (including phenoxy) is 4. The van der Waals surface area contributed by atoms with Gasteiger partial charge in [-0.3, -0.25) is 9.69 Å². The fourth-order valence-electron chi connectivity index (χ4n) is 4.00. The summed E-state index contributed by atoms with van der Waals surface area (Å²) in [5.41, 5.74) is 0.886. The summed E-state index contributed by atoms with van der Waals surface area (Å²) in [6, 6.07) is 21.6. The fraction of sp³-hybridized carbons (Fsp3) is 0.207. The Morgan fingerprint density at radius 2 is 1.46 bits per heavy atom. The zero-order valence-corrected chi connectivity index (χ0v) is 21.0. The highest BCUT2D eigenvalue weighted by Gasteiger charge is 2.44. The van der Waals surface area contributed by atoms with Crippen molar-refractivity contribution in [3.8, 4) is 5.75 Å². The van der Waals surface area contributed by atoms with Gasteiger partial charge in [-0.2, -0.15) is 0 Å². The van der Waals surface area contributed by atoms with E-state index in [9.17, 15) is 24.0 Å². The molecule has 1 heterocycles. The highest BCUT2D eigenvalue weighted by Crippen LogP contribution is 2.26. The van der Waals surface area contributed by atoms with Gasteiger partial charge in [-0.1, -0.05) is 60.7 Å². The minimum Gasteiger partial charge on any atom is -0.457 e. The standard InChI is InChI=1S/C29H25NO9/c1-19(31)37-25-15-9-8-14-23(25)27(33)38-22-16-24(28(34)39-26(32)21-12-6-3-7-13-21)30(17-22)29(35)36-18-20-10-4-2-5-11-20/h2-15,22,24H,16-18H2,1H3/t22-,24+/m1/s1. The van der Waals surface area contributed by atoms with Crippen molar-refractivity contribution in [3.05, 3.63) is 102 Å². The predicted molar refractivity (Wildman–Crippen MR) is 136 cm³/mol. The summed E-state index contributed by atoms with van der Waals surface area (Å²) in [7, 11) is 0. The third-order valence-electron chi connectivity index (χ3n) is 5.81. The minimum absolute atomic E-state index is 0.00353. The van der Waals surface area contributed by atoms with E-state index in [4.69, 9.17) is 18.9 Å². The van der Waals surface area contributed by atoms with E-state index in [1.165, 1.54) is 31.2 Å². The Morgan fingerprint density at radius 3 is 2.15 bits per heavy atom. The molecule has 1 aliphatic rings. The normalized spacial score (nSPS) is 16.2. The first-order valence-corrected chi connectivity index (χ1v) is 12.1. The summed E-state index contributed by atoms with van der Waals surface area (Å²) in [5, 5.41) is 0. The molecule has 200 valence electrons. The minimum atomic E-state index is -1.25. The van der Waals surface area contributed by atoms with Gasteiger partial charge in [0, 0.05) is 13.3 Å². The summed E-state index contributed by atoms with van der Waals surface area (Å²) in [5.74, 6) is -3.29. The highest BCUT2D eigenvalue weighted by molar-refractivity contribution is 5.99. The van der Waals surface area contributed by atoms with Crippen molar-refractivity contribution in [2.24, 2.45) is 0 Å². The Hall–Kier alpha value is -4.99. The van der Waals surface area contributed by atoms with Crippen LogP contribution in [0, 0.1) is 0 Å². The van der Waals surface area contributed by atoms with E-state index in [0.29, 0.717) is 0 Å². The maximum absolute atomic E-state index is 13.0. The number of benzene rings is 3. The van der Waals surface area contributed by atoms with Crippen LogP contribution >= 0.6 is 0 Å². The maximum Gasteiger partial charge on any atom is 0.410 e. The molecule has 0 radical (unpaired) electrons. The number of likely N-dealkylation sites (tertiary alicyclic amines) is 1. The van der Waals surface area contributed by atoms with Gasteiger partial charge in [-0.05, 0) is 29.8 Å². The Balaban J connectivity index is 1.49. The first kappa shape index (κ1) is 27.1. The molecular formula is C29H25NO9. The average molecular weight is 532 g/mol. The Morgan fingerprint density at radius 1 is 0.821 bits per heavy atom. The second kappa shape index (κ2) is 12.5. The number of carbonyl (C=O) groups excluding carboxylic acids is 5. The maximum atomic E-state index is 13.0. The lowest BCUT2D eigenvalue weighted by Crippen LogP contribution is -2.42. The van der Waals surface area contributed by atoms with Crippen molar-refractivity contribution in [2.45, 2.75) is 32.1 Å². The van der Waals surface area contributed by atoms with Crippen LogP contribution in [0.5, 0.6) is 5.75 Å². The number of amides is 1. The van der Waals surface area contributed by atoms with Crippen molar-refractivity contribution < 1.29 is 42.9 Å². The molecule has 0 aliphatic carbocycles. The molecule has 3 aromatic carbocycles. The van der Waals surface area contributed by atoms with Crippen LogP contribution < -0.4 is 4.74 Å². The lowest BCUT2D eigenvalue weighted by Gasteiger charge is -2.22. The number of esters is 4. The quantitative estimate of drug-likeness (QED) is 0.193.